The molecule has 8 nitrogen and oxygen atoms in total. The van der Waals surface area contributed by atoms with Gasteiger partial charge in [0, 0.05) is 24.9 Å². The summed E-state index contributed by atoms with van der Waals surface area (Å²) in [5.41, 5.74) is 9.34. The molecule has 0 unspecified atom stereocenters. The first kappa shape index (κ1) is 24.1. The maximum absolute atomic E-state index is 11.1. The fraction of sp³-hybridized carbons (Fsp3) is 0.333. The normalized spacial score (nSPS) is 17.7. The van der Waals surface area contributed by atoms with Crippen LogP contribution in [0.15, 0.2) is 54.6 Å². The molecule has 2 aromatic carbocycles. The summed E-state index contributed by atoms with van der Waals surface area (Å²) in [7, 11) is 0. The summed E-state index contributed by atoms with van der Waals surface area (Å²) < 4.78 is 1.04. The molecular formula is C27H30N6O2S. The number of amides is 1. The molecule has 186 valence electrons. The minimum Gasteiger partial charge on any atom is -0.393 e. The molecule has 1 saturated carbocycles. The number of rotatable bonds is 9. The van der Waals surface area contributed by atoms with Gasteiger partial charge in [0.1, 0.15) is 5.82 Å². The van der Waals surface area contributed by atoms with Gasteiger partial charge in [0.2, 0.25) is 11.9 Å². The average Bonchev–Trinajstić information content (AvgIpc) is 3.26. The largest absolute Gasteiger partial charge is 0.393 e. The number of thiazole rings is 1. The number of anilines is 3. The molecule has 0 aliphatic heterocycles. The van der Waals surface area contributed by atoms with E-state index in [0.717, 1.165) is 52.3 Å². The first-order chi connectivity index (χ1) is 17.5. The number of aromatic nitrogens is 3. The third-order valence-corrected chi connectivity index (χ3v) is 7.32. The molecule has 1 amide bonds. The van der Waals surface area contributed by atoms with Crippen LogP contribution in [0, 0.1) is 0 Å². The van der Waals surface area contributed by atoms with Gasteiger partial charge in [0.25, 0.3) is 0 Å². The van der Waals surface area contributed by atoms with Crippen LogP contribution in [0.4, 0.5) is 16.9 Å². The first-order valence-corrected chi connectivity index (χ1v) is 13.1. The van der Waals surface area contributed by atoms with Crippen LogP contribution in [0.3, 0.4) is 0 Å². The van der Waals surface area contributed by atoms with Gasteiger partial charge in [0.15, 0.2) is 5.13 Å². The molecular weight excluding hydrogens is 472 g/mol. The Hall–Kier alpha value is -3.56. The highest BCUT2D eigenvalue weighted by atomic mass is 32.1. The third kappa shape index (κ3) is 6.35. The zero-order valence-corrected chi connectivity index (χ0v) is 20.8. The van der Waals surface area contributed by atoms with E-state index in [1.807, 2.05) is 36.4 Å². The number of nitrogens with zero attached hydrogens (tertiary/aromatic N) is 3. The molecule has 0 atom stereocenters. The Morgan fingerprint density at radius 1 is 1.00 bits per heavy atom. The Bertz CT molecular complexity index is 1330. The second-order valence-electron chi connectivity index (χ2n) is 9.29. The van der Waals surface area contributed by atoms with Crippen LogP contribution in [0.25, 0.3) is 10.2 Å². The number of nitrogens with two attached hydrogens (primary N) is 1. The van der Waals surface area contributed by atoms with Gasteiger partial charge in [-0.3, -0.25) is 4.79 Å². The van der Waals surface area contributed by atoms with E-state index in [4.69, 9.17) is 20.7 Å². The fourth-order valence-electron chi connectivity index (χ4n) is 4.48. The summed E-state index contributed by atoms with van der Waals surface area (Å²) in [6, 6.07) is 18.5. The van der Waals surface area contributed by atoms with Crippen LogP contribution in [0.1, 0.15) is 48.9 Å². The first-order valence-electron chi connectivity index (χ1n) is 12.3. The number of carbonyl (C=O) groups excluding carboxylic acids is 1. The van der Waals surface area contributed by atoms with E-state index in [0.29, 0.717) is 31.0 Å². The quantitative estimate of drug-likeness (QED) is 0.264. The van der Waals surface area contributed by atoms with Gasteiger partial charge in [-0.05, 0) is 55.4 Å². The highest BCUT2D eigenvalue weighted by Gasteiger charge is 2.20. The molecule has 2 heterocycles. The predicted molar refractivity (Wildman–Crippen MR) is 144 cm³/mol. The van der Waals surface area contributed by atoms with Crippen LogP contribution >= 0.6 is 11.3 Å². The van der Waals surface area contributed by atoms with Gasteiger partial charge in [-0.25, -0.2) is 9.97 Å². The lowest BCUT2D eigenvalue weighted by Crippen LogP contribution is -2.29. The summed E-state index contributed by atoms with van der Waals surface area (Å²) in [6.07, 6.45) is 4.81. The molecule has 0 bridgehead atoms. The molecule has 5 N–H and O–H groups in total. The summed E-state index contributed by atoms with van der Waals surface area (Å²) in [5, 5.41) is 17.4. The Balaban J connectivity index is 1.38. The maximum atomic E-state index is 11.1. The molecule has 1 fully saturated rings. The SMILES string of the molecule is NC(=O)CCc1ccc2nc(Nc3cc(Cc4ccccc4)nc(NC4CCC(O)CC4)n3)sc2c1. The lowest BCUT2D eigenvalue weighted by molar-refractivity contribution is -0.117. The zero-order valence-electron chi connectivity index (χ0n) is 20.0. The highest BCUT2D eigenvalue weighted by Crippen LogP contribution is 2.30. The van der Waals surface area contributed by atoms with Crippen molar-refractivity contribution in [3.8, 4) is 0 Å². The van der Waals surface area contributed by atoms with Crippen LogP contribution in [0.2, 0.25) is 0 Å². The Labute approximate surface area is 214 Å². The van der Waals surface area contributed by atoms with Crippen molar-refractivity contribution < 1.29 is 9.90 Å². The number of aliphatic hydroxyl groups excluding tert-OH is 1. The van der Waals surface area contributed by atoms with E-state index in [9.17, 15) is 9.90 Å². The van der Waals surface area contributed by atoms with Gasteiger partial charge in [-0.1, -0.05) is 47.7 Å². The van der Waals surface area contributed by atoms with E-state index in [-0.39, 0.29) is 18.1 Å². The Morgan fingerprint density at radius 3 is 2.58 bits per heavy atom. The molecule has 9 heteroatoms. The summed E-state index contributed by atoms with van der Waals surface area (Å²) in [6.45, 7) is 0. The van der Waals surface area contributed by atoms with E-state index in [1.54, 1.807) is 11.3 Å². The summed E-state index contributed by atoms with van der Waals surface area (Å²) in [5.74, 6) is 0.968. The van der Waals surface area contributed by atoms with Gasteiger partial charge in [0.05, 0.1) is 22.0 Å². The number of aryl methyl sites for hydroxylation is 1. The average molecular weight is 503 g/mol. The molecule has 0 spiro atoms. The number of carbonyl (C=O) groups is 1. The second-order valence-corrected chi connectivity index (χ2v) is 10.3. The smallest absolute Gasteiger partial charge is 0.225 e. The standard InChI is InChI=1S/C27H30N6O2S/c28-24(35)13-7-18-6-12-22-23(15-18)36-27(31-22)33-25-16-20(14-17-4-2-1-3-5-17)30-26(32-25)29-19-8-10-21(34)11-9-19/h1-6,12,15-16,19,21,34H,7-11,13-14H2,(H2,28,35)(H2,29,30,31,32,33). The van der Waals surface area contributed by atoms with Crippen LogP contribution in [-0.4, -0.2) is 38.1 Å². The molecule has 0 radical (unpaired) electrons. The Morgan fingerprint density at radius 2 is 1.81 bits per heavy atom. The van der Waals surface area contributed by atoms with Gasteiger partial charge in [-0.2, -0.15) is 4.98 Å². The van der Waals surface area contributed by atoms with Crippen molar-refractivity contribution in [2.45, 2.75) is 57.1 Å². The van der Waals surface area contributed by atoms with E-state index in [2.05, 4.69) is 28.8 Å². The molecule has 2 aromatic heterocycles. The minimum absolute atomic E-state index is 0.207. The maximum Gasteiger partial charge on any atom is 0.225 e. The lowest BCUT2D eigenvalue weighted by atomic mass is 9.93. The molecule has 1 aliphatic rings. The van der Waals surface area contributed by atoms with E-state index in [1.165, 1.54) is 5.56 Å². The van der Waals surface area contributed by atoms with Gasteiger partial charge < -0.3 is 21.5 Å². The van der Waals surface area contributed by atoms with Crippen molar-refractivity contribution in [1.29, 1.82) is 0 Å². The topological polar surface area (TPSA) is 126 Å². The molecule has 36 heavy (non-hydrogen) atoms. The third-order valence-electron chi connectivity index (χ3n) is 6.39. The lowest BCUT2D eigenvalue weighted by Gasteiger charge is -2.26. The zero-order chi connectivity index (χ0) is 24.9. The number of primary amides is 1. The molecule has 0 saturated heterocycles. The fourth-order valence-corrected chi connectivity index (χ4v) is 5.42. The summed E-state index contributed by atoms with van der Waals surface area (Å²) >= 11 is 1.55. The molecule has 4 aromatic rings. The number of hydrogen-bond acceptors (Lipinski definition) is 8. The van der Waals surface area contributed by atoms with Crippen molar-refractivity contribution in [2.75, 3.05) is 10.6 Å². The number of benzene rings is 2. The highest BCUT2D eigenvalue weighted by molar-refractivity contribution is 7.22. The monoisotopic (exact) mass is 502 g/mol. The van der Waals surface area contributed by atoms with Crippen molar-refractivity contribution in [3.63, 3.8) is 0 Å². The summed E-state index contributed by atoms with van der Waals surface area (Å²) in [4.78, 5) is 25.4. The van der Waals surface area contributed by atoms with Gasteiger partial charge in [-0.15, -0.1) is 0 Å². The van der Waals surface area contributed by atoms with E-state index < -0.39 is 0 Å². The van der Waals surface area contributed by atoms with Crippen LogP contribution in [0.5, 0.6) is 0 Å². The number of hydrogen-bond donors (Lipinski definition) is 4. The van der Waals surface area contributed by atoms with Crippen molar-refractivity contribution in [1.82, 2.24) is 15.0 Å². The number of nitrogens with one attached hydrogen (secondary N) is 2. The molecule has 1 aliphatic carbocycles. The number of aliphatic hydroxyl groups is 1. The Kier molecular flexibility index (Phi) is 7.39. The van der Waals surface area contributed by atoms with Crippen LogP contribution < -0.4 is 16.4 Å². The number of fused-ring (bicyclic) bond motifs is 1. The predicted octanol–water partition coefficient (Wildman–Crippen LogP) is 4.55. The van der Waals surface area contributed by atoms with Crippen molar-refractivity contribution in [3.05, 3.63) is 71.4 Å². The molecule has 5 rings (SSSR count). The van der Waals surface area contributed by atoms with Crippen LogP contribution in [-0.2, 0) is 17.6 Å². The van der Waals surface area contributed by atoms with E-state index >= 15 is 0 Å². The second kappa shape index (κ2) is 11.0. The minimum atomic E-state index is -0.300. The van der Waals surface area contributed by atoms with Crippen molar-refractivity contribution in [2.24, 2.45) is 5.73 Å². The van der Waals surface area contributed by atoms with Gasteiger partial charge >= 0.3 is 0 Å². The van der Waals surface area contributed by atoms with Crippen molar-refractivity contribution >= 4 is 44.4 Å².